The van der Waals surface area contributed by atoms with Crippen LogP contribution in [0.2, 0.25) is 0 Å². The van der Waals surface area contributed by atoms with Gasteiger partial charge in [-0.05, 0) is 87.6 Å². The fourth-order valence-corrected chi connectivity index (χ4v) is 10.8. The van der Waals surface area contributed by atoms with E-state index in [4.69, 9.17) is 0 Å². The van der Waals surface area contributed by atoms with Crippen LogP contribution in [-0.4, -0.2) is 13.5 Å². The zero-order valence-electron chi connectivity index (χ0n) is 34.0. The number of fused-ring (bicyclic) bond motifs is 12. The van der Waals surface area contributed by atoms with E-state index in [1.165, 1.54) is 59.9 Å². The SMILES string of the molecule is O=c1c2cc(-c3ccc(-c4ccc(-n5c6ccccc6c6cc7c8ccccc8n(-c8ccccc8)c7cc65)c5ccccc45)cc3)ccc2c2cccc3c4ccccc4n1c23. The van der Waals surface area contributed by atoms with Gasteiger partial charge in [0.1, 0.15) is 0 Å². The molecule has 4 heterocycles. The monoisotopic (exact) mass is 801 g/mol. The van der Waals surface area contributed by atoms with Gasteiger partial charge in [0.05, 0.1) is 38.8 Å². The van der Waals surface area contributed by atoms with Crippen LogP contribution in [0.1, 0.15) is 0 Å². The topological polar surface area (TPSA) is 31.3 Å². The van der Waals surface area contributed by atoms with Gasteiger partial charge in [0.15, 0.2) is 0 Å². The third kappa shape index (κ3) is 4.72. The van der Waals surface area contributed by atoms with Crippen LogP contribution in [0.4, 0.5) is 0 Å². The van der Waals surface area contributed by atoms with Gasteiger partial charge in [-0.1, -0.05) is 158 Å². The van der Waals surface area contributed by atoms with Crippen molar-refractivity contribution in [1.82, 2.24) is 13.5 Å². The second-order valence-electron chi connectivity index (χ2n) is 16.8. The average Bonchev–Trinajstić information content (AvgIpc) is 3.98. The first-order valence-corrected chi connectivity index (χ1v) is 21.6. The summed E-state index contributed by atoms with van der Waals surface area (Å²) in [5, 5.41) is 12.4. The Labute approximate surface area is 360 Å². The van der Waals surface area contributed by atoms with Crippen molar-refractivity contribution in [3.05, 3.63) is 223 Å². The Morgan fingerprint density at radius 3 is 1.56 bits per heavy atom. The molecule has 0 aliphatic rings. The van der Waals surface area contributed by atoms with E-state index < -0.39 is 0 Å². The summed E-state index contributed by atoms with van der Waals surface area (Å²) in [7, 11) is 0. The molecule has 4 nitrogen and oxygen atoms in total. The number of pyridine rings is 1. The molecule has 10 aromatic carbocycles. The lowest BCUT2D eigenvalue weighted by atomic mass is 9.94. The maximum atomic E-state index is 14.3. The quantitative estimate of drug-likeness (QED) is 0.163. The highest BCUT2D eigenvalue weighted by Gasteiger charge is 2.21. The number of hydrogen-bond donors (Lipinski definition) is 0. The summed E-state index contributed by atoms with van der Waals surface area (Å²) in [6.45, 7) is 0. The number of benzene rings is 10. The van der Waals surface area contributed by atoms with E-state index >= 15 is 0 Å². The van der Waals surface area contributed by atoms with E-state index in [2.05, 4.69) is 203 Å². The molecular formula is C59H35N3O. The van der Waals surface area contributed by atoms with Crippen molar-refractivity contribution in [2.45, 2.75) is 0 Å². The average molecular weight is 802 g/mol. The lowest BCUT2D eigenvalue weighted by molar-refractivity contribution is 1.17. The Morgan fingerprint density at radius 2 is 0.825 bits per heavy atom. The molecule has 14 rings (SSSR count). The maximum Gasteiger partial charge on any atom is 0.263 e. The van der Waals surface area contributed by atoms with Gasteiger partial charge in [-0.15, -0.1) is 0 Å². The number of nitrogens with zero attached hydrogens (tertiary/aromatic N) is 3. The van der Waals surface area contributed by atoms with Gasteiger partial charge in [0.25, 0.3) is 5.56 Å². The Kier molecular flexibility index (Phi) is 6.95. The normalized spacial score (nSPS) is 12.2. The van der Waals surface area contributed by atoms with Crippen molar-refractivity contribution >= 4 is 92.3 Å². The summed E-state index contributed by atoms with van der Waals surface area (Å²) < 4.78 is 6.77. The highest BCUT2D eigenvalue weighted by molar-refractivity contribution is 6.21. The summed E-state index contributed by atoms with van der Waals surface area (Å²) in [4.78, 5) is 14.3. The Morgan fingerprint density at radius 1 is 0.286 bits per heavy atom. The summed E-state index contributed by atoms with van der Waals surface area (Å²) in [5.41, 5.74) is 13.4. The smallest absolute Gasteiger partial charge is 0.263 e. The number of hydrogen-bond acceptors (Lipinski definition) is 1. The van der Waals surface area contributed by atoms with Gasteiger partial charge in [-0.2, -0.15) is 0 Å². The van der Waals surface area contributed by atoms with E-state index in [0.29, 0.717) is 0 Å². The number of rotatable bonds is 4. The van der Waals surface area contributed by atoms with E-state index in [1.54, 1.807) is 0 Å². The van der Waals surface area contributed by atoms with Crippen molar-refractivity contribution in [1.29, 1.82) is 0 Å². The summed E-state index contributed by atoms with van der Waals surface area (Å²) >= 11 is 0. The molecule has 292 valence electrons. The molecule has 0 saturated heterocycles. The Hall–Kier alpha value is -8.47. The maximum absolute atomic E-state index is 14.3. The van der Waals surface area contributed by atoms with Crippen molar-refractivity contribution in [3.8, 4) is 33.6 Å². The van der Waals surface area contributed by atoms with Gasteiger partial charge >= 0.3 is 0 Å². The minimum Gasteiger partial charge on any atom is -0.309 e. The van der Waals surface area contributed by atoms with Crippen LogP contribution in [0.25, 0.3) is 126 Å². The molecule has 0 spiro atoms. The van der Waals surface area contributed by atoms with Gasteiger partial charge in [0, 0.05) is 54.2 Å². The lowest BCUT2D eigenvalue weighted by Gasteiger charge is -2.15. The third-order valence-electron chi connectivity index (χ3n) is 13.6. The first-order valence-electron chi connectivity index (χ1n) is 21.6. The molecule has 0 aliphatic heterocycles. The molecule has 0 saturated carbocycles. The molecule has 0 radical (unpaired) electrons. The van der Waals surface area contributed by atoms with Crippen LogP contribution in [-0.2, 0) is 0 Å². The van der Waals surface area contributed by atoms with Crippen LogP contribution < -0.4 is 5.56 Å². The molecule has 0 amide bonds. The Bertz CT molecular complexity index is 4270. The molecule has 0 aliphatic carbocycles. The fraction of sp³-hybridized carbons (Fsp3) is 0. The van der Waals surface area contributed by atoms with Gasteiger partial charge in [0.2, 0.25) is 0 Å². The van der Waals surface area contributed by atoms with Gasteiger partial charge < -0.3 is 9.13 Å². The molecular weight excluding hydrogens is 767 g/mol. The van der Waals surface area contributed by atoms with E-state index in [-0.39, 0.29) is 5.56 Å². The minimum atomic E-state index is 0.0196. The van der Waals surface area contributed by atoms with Crippen molar-refractivity contribution in [2.24, 2.45) is 0 Å². The molecule has 63 heavy (non-hydrogen) atoms. The highest BCUT2D eigenvalue weighted by Crippen LogP contribution is 2.42. The van der Waals surface area contributed by atoms with Gasteiger partial charge in [-0.3, -0.25) is 9.20 Å². The molecule has 4 aromatic heterocycles. The van der Waals surface area contributed by atoms with Crippen LogP contribution in [0.5, 0.6) is 0 Å². The second-order valence-corrected chi connectivity index (χ2v) is 16.8. The van der Waals surface area contributed by atoms with E-state index in [1.807, 2.05) is 22.6 Å². The third-order valence-corrected chi connectivity index (χ3v) is 13.6. The standard InChI is InChI=1S/C59H35N3O/c63-59-51-33-38(29-30-42(51)47-20-12-21-48-44-17-6-11-24-54(44)62(59)58(47)48)36-25-27-37(28-26-36)40-31-32-55(43-16-5-4-15-41(40)43)61-53-23-10-8-19-46(53)50-34-49-45-18-7-9-22-52(45)60(56(49)35-57(50)61)39-13-2-1-3-14-39/h1-35H. The molecule has 0 N–H and O–H groups in total. The van der Waals surface area contributed by atoms with Crippen molar-refractivity contribution in [2.75, 3.05) is 0 Å². The molecule has 14 aromatic rings. The second kappa shape index (κ2) is 12.8. The first-order chi connectivity index (χ1) is 31.2. The Balaban J connectivity index is 0.920. The van der Waals surface area contributed by atoms with Crippen LogP contribution in [0, 0.1) is 0 Å². The van der Waals surface area contributed by atoms with Crippen LogP contribution >= 0.6 is 0 Å². The molecule has 4 heteroatoms. The first kappa shape index (κ1) is 34.3. The largest absolute Gasteiger partial charge is 0.309 e. The predicted molar refractivity (Wildman–Crippen MR) is 264 cm³/mol. The molecule has 0 bridgehead atoms. The zero-order valence-corrected chi connectivity index (χ0v) is 34.0. The minimum absolute atomic E-state index is 0.0196. The summed E-state index contributed by atoms with van der Waals surface area (Å²) in [6, 6.07) is 76.2. The number of aromatic nitrogens is 3. The van der Waals surface area contributed by atoms with Crippen LogP contribution in [0.15, 0.2) is 217 Å². The van der Waals surface area contributed by atoms with Crippen molar-refractivity contribution < 1.29 is 0 Å². The lowest BCUT2D eigenvalue weighted by Crippen LogP contribution is -2.12. The predicted octanol–water partition coefficient (Wildman–Crippen LogP) is 14.9. The number of para-hydroxylation sites is 5. The zero-order chi connectivity index (χ0) is 41.3. The van der Waals surface area contributed by atoms with Crippen LogP contribution in [0.3, 0.4) is 0 Å². The fourth-order valence-electron chi connectivity index (χ4n) is 10.8. The highest BCUT2D eigenvalue weighted by atomic mass is 16.1. The summed E-state index contributed by atoms with van der Waals surface area (Å²) in [6.07, 6.45) is 0. The van der Waals surface area contributed by atoms with Gasteiger partial charge in [-0.25, -0.2) is 0 Å². The van der Waals surface area contributed by atoms with E-state index in [9.17, 15) is 4.79 Å². The molecule has 0 unspecified atom stereocenters. The molecule has 0 atom stereocenters. The van der Waals surface area contributed by atoms with Crippen molar-refractivity contribution in [3.63, 3.8) is 0 Å². The summed E-state index contributed by atoms with van der Waals surface area (Å²) in [5.74, 6) is 0. The van der Waals surface area contributed by atoms with E-state index in [0.717, 1.165) is 66.0 Å². The molecule has 0 fully saturated rings.